The molecule has 1 atom stereocenters. The fourth-order valence-corrected chi connectivity index (χ4v) is 3.48. The Balaban J connectivity index is 1.92. The zero-order chi connectivity index (χ0) is 15.3. The Bertz CT molecular complexity index is 422. The Labute approximate surface area is 130 Å². The first-order valence-electron chi connectivity index (χ1n) is 8.52. The lowest BCUT2D eigenvalue weighted by Crippen LogP contribution is -2.41. The summed E-state index contributed by atoms with van der Waals surface area (Å²) in [6.07, 6.45) is 3.93. The van der Waals surface area contributed by atoms with Gasteiger partial charge >= 0.3 is 0 Å². The summed E-state index contributed by atoms with van der Waals surface area (Å²) in [6.45, 7) is 13.9. The molecule has 0 aromatic heterocycles. The number of aryl methyl sites for hydroxylation is 1. The van der Waals surface area contributed by atoms with Gasteiger partial charge in [0.1, 0.15) is 0 Å². The summed E-state index contributed by atoms with van der Waals surface area (Å²) >= 11 is 0. The lowest BCUT2D eigenvalue weighted by Gasteiger charge is -2.38. The minimum absolute atomic E-state index is 0.487. The van der Waals surface area contributed by atoms with E-state index in [1.165, 1.54) is 50.0 Å². The van der Waals surface area contributed by atoms with Crippen molar-refractivity contribution in [3.8, 4) is 0 Å². The van der Waals surface area contributed by atoms with E-state index >= 15 is 0 Å². The standard InChI is InChI=1S/C19H32N2/c1-5-20-18(17-9-7-16(2)8-10-17)11-14-21-13-6-12-19(3,4)15-21/h7-10,18,20H,5-6,11-15H2,1-4H3. The average Bonchev–Trinajstić information content (AvgIpc) is 2.43. The molecule has 0 radical (unpaired) electrons. The second-order valence-corrected chi connectivity index (χ2v) is 7.35. The van der Waals surface area contributed by atoms with Crippen molar-refractivity contribution in [2.45, 2.75) is 53.0 Å². The number of nitrogens with one attached hydrogen (secondary N) is 1. The van der Waals surface area contributed by atoms with Crippen molar-refractivity contribution in [2.24, 2.45) is 5.41 Å². The summed E-state index contributed by atoms with van der Waals surface area (Å²) in [6, 6.07) is 9.50. The van der Waals surface area contributed by atoms with Gasteiger partial charge in [-0.2, -0.15) is 0 Å². The molecule has 1 saturated heterocycles. The molecule has 1 aliphatic heterocycles. The van der Waals surface area contributed by atoms with Crippen LogP contribution in [-0.4, -0.2) is 31.1 Å². The van der Waals surface area contributed by atoms with E-state index in [1.807, 2.05) is 0 Å². The first-order chi connectivity index (χ1) is 10.00. The van der Waals surface area contributed by atoms with Crippen LogP contribution in [-0.2, 0) is 0 Å². The highest BCUT2D eigenvalue weighted by Crippen LogP contribution is 2.29. The zero-order valence-electron chi connectivity index (χ0n) is 14.3. The zero-order valence-corrected chi connectivity index (χ0v) is 14.3. The summed E-state index contributed by atoms with van der Waals surface area (Å²) < 4.78 is 0. The van der Waals surface area contributed by atoms with Crippen molar-refractivity contribution in [3.63, 3.8) is 0 Å². The maximum atomic E-state index is 3.65. The van der Waals surface area contributed by atoms with Gasteiger partial charge in [-0.1, -0.05) is 50.6 Å². The minimum atomic E-state index is 0.487. The van der Waals surface area contributed by atoms with Crippen molar-refractivity contribution < 1.29 is 0 Å². The van der Waals surface area contributed by atoms with Crippen molar-refractivity contribution in [1.82, 2.24) is 10.2 Å². The van der Waals surface area contributed by atoms with Gasteiger partial charge < -0.3 is 10.2 Å². The van der Waals surface area contributed by atoms with Gasteiger partial charge in [-0.3, -0.25) is 0 Å². The molecule has 1 aromatic rings. The van der Waals surface area contributed by atoms with Gasteiger partial charge in [0.05, 0.1) is 0 Å². The molecule has 2 rings (SSSR count). The first kappa shape index (κ1) is 16.5. The quantitative estimate of drug-likeness (QED) is 0.845. The Morgan fingerprint density at radius 2 is 1.95 bits per heavy atom. The summed E-state index contributed by atoms with van der Waals surface area (Å²) in [7, 11) is 0. The van der Waals surface area contributed by atoms with Crippen LogP contribution in [0.1, 0.15) is 57.2 Å². The third-order valence-corrected chi connectivity index (χ3v) is 4.64. The van der Waals surface area contributed by atoms with Crippen LogP contribution in [0.5, 0.6) is 0 Å². The van der Waals surface area contributed by atoms with Gasteiger partial charge in [0.25, 0.3) is 0 Å². The number of piperidine rings is 1. The summed E-state index contributed by atoms with van der Waals surface area (Å²) in [5.41, 5.74) is 3.26. The molecule has 1 aromatic carbocycles. The lowest BCUT2D eigenvalue weighted by atomic mass is 9.84. The Morgan fingerprint density at radius 3 is 2.57 bits per heavy atom. The Hall–Kier alpha value is -0.860. The van der Waals surface area contributed by atoms with Crippen LogP contribution in [0.25, 0.3) is 0 Å². The summed E-state index contributed by atoms with van der Waals surface area (Å²) in [4.78, 5) is 2.65. The van der Waals surface area contributed by atoms with E-state index in [2.05, 4.69) is 62.2 Å². The highest BCUT2D eigenvalue weighted by Gasteiger charge is 2.26. The fraction of sp³-hybridized carbons (Fsp3) is 0.684. The second-order valence-electron chi connectivity index (χ2n) is 7.35. The normalized spacial score (nSPS) is 20.4. The van der Waals surface area contributed by atoms with Crippen LogP contribution >= 0.6 is 0 Å². The van der Waals surface area contributed by atoms with Crippen LogP contribution in [0, 0.1) is 12.3 Å². The van der Waals surface area contributed by atoms with Crippen LogP contribution < -0.4 is 5.32 Å². The van der Waals surface area contributed by atoms with Crippen LogP contribution in [0.4, 0.5) is 0 Å². The molecule has 1 unspecified atom stereocenters. The van der Waals surface area contributed by atoms with E-state index < -0.39 is 0 Å². The van der Waals surface area contributed by atoms with Gasteiger partial charge in [0, 0.05) is 12.6 Å². The topological polar surface area (TPSA) is 15.3 Å². The van der Waals surface area contributed by atoms with E-state index in [4.69, 9.17) is 0 Å². The molecule has 1 heterocycles. The molecule has 1 fully saturated rings. The molecule has 1 N–H and O–H groups in total. The van der Waals surface area contributed by atoms with E-state index in [0.29, 0.717) is 11.5 Å². The smallest absolute Gasteiger partial charge is 0.0332 e. The summed E-state index contributed by atoms with van der Waals surface area (Å²) in [5.74, 6) is 0. The van der Waals surface area contributed by atoms with Gasteiger partial charge in [-0.05, 0) is 56.8 Å². The maximum absolute atomic E-state index is 3.65. The van der Waals surface area contributed by atoms with Gasteiger partial charge in [0.15, 0.2) is 0 Å². The van der Waals surface area contributed by atoms with Crippen molar-refractivity contribution in [3.05, 3.63) is 35.4 Å². The molecular weight excluding hydrogens is 256 g/mol. The van der Waals surface area contributed by atoms with E-state index in [9.17, 15) is 0 Å². The molecule has 0 spiro atoms. The van der Waals surface area contributed by atoms with Crippen molar-refractivity contribution in [2.75, 3.05) is 26.2 Å². The molecule has 0 saturated carbocycles. The number of rotatable bonds is 6. The number of hydrogen-bond donors (Lipinski definition) is 1. The number of benzene rings is 1. The summed E-state index contributed by atoms with van der Waals surface area (Å²) in [5, 5.41) is 3.65. The molecular formula is C19H32N2. The third-order valence-electron chi connectivity index (χ3n) is 4.64. The van der Waals surface area contributed by atoms with Crippen molar-refractivity contribution >= 4 is 0 Å². The van der Waals surface area contributed by atoms with Gasteiger partial charge in [-0.15, -0.1) is 0 Å². The molecule has 118 valence electrons. The van der Waals surface area contributed by atoms with E-state index in [0.717, 1.165) is 6.54 Å². The highest BCUT2D eigenvalue weighted by atomic mass is 15.1. The molecule has 0 aliphatic carbocycles. The highest BCUT2D eigenvalue weighted by molar-refractivity contribution is 5.24. The average molecular weight is 288 g/mol. The Morgan fingerprint density at radius 1 is 1.24 bits per heavy atom. The molecule has 2 nitrogen and oxygen atoms in total. The number of likely N-dealkylation sites (tertiary alicyclic amines) is 1. The predicted molar refractivity (Wildman–Crippen MR) is 91.7 cm³/mol. The van der Waals surface area contributed by atoms with Crippen molar-refractivity contribution in [1.29, 1.82) is 0 Å². The SMILES string of the molecule is CCNC(CCN1CCCC(C)(C)C1)c1ccc(C)cc1. The largest absolute Gasteiger partial charge is 0.310 e. The molecule has 1 aliphatic rings. The first-order valence-corrected chi connectivity index (χ1v) is 8.52. The van der Waals surface area contributed by atoms with Crippen LogP contribution in [0.15, 0.2) is 24.3 Å². The minimum Gasteiger partial charge on any atom is -0.310 e. The predicted octanol–water partition coefficient (Wildman–Crippen LogP) is 4.16. The lowest BCUT2D eigenvalue weighted by molar-refractivity contribution is 0.113. The van der Waals surface area contributed by atoms with E-state index in [-0.39, 0.29) is 0 Å². The number of hydrogen-bond acceptors (Lipinski definition) is 2. The maximum Gasteiger partial charge on any atom is 0.0332 e. The van der Waals surface area contributed by atoms with Crippen LogP contribution in [0.3, 0.4) is 0 Å². The van der Waals surface area contributed by atoms with E-state index in [1.54, 1.807) is 0 Å². The number of nitrogens with zero attached hydrogens (tertiary/aromatic N) is 1. The van der Waals surface area contributed by atoms with Gasteiger partial charge in [0.2, 0.25) is 0 Å². The Kier molecular flexibility index (Phi) is 5.83. The van der Waals surface area contributed by atoms with Gasteiger partial charge in [-0.25, -0.2) is 0 Å². The third kappa shape index (κ3) is 5.12. The molecule has 0 bridgehead atoms. The molecule has 21 heavy (non-hydrogen) atoms. The second kappa shape index (κ2) is 7.42. The fourth-order valence-electron chi connectivity index (χ4n) is 3.48. The molecule has 0 amide bonds. The monoisotopic (exact) mass is 288 g/mol. The molecule has 2 heteroatoms. The van der Waals surface area contributed by atoms with Crippen LogP contribution in [0.2, 0.25) is 0 Å².